The molecule has 35 heavy (non-hydrogen) atoms. The zero-order chi connectivity index (χ0) is 24.9. The number of H-pyrrole nitrogens is 1. The molecule has 13 heteroatoms. The molecule has 4 rings (SSSR count). The zero-order valence-electron chi connectivity index (χ0n) is 18.4. The van der Waals surface area contributed by atoms with Gasteiger partial charge in [-0.3, -0.25) is 20.0 Å². The van der Waals surface area contributed by atoms with Crippen LogP contribution in [0.3, 0.4) is 0 Å². The van der Waals surface area contributed by atoms with Crippen LogP contribution in [0.4, 0.5) is 5.13 Å². The molecule has 0 bridgehead atoms. The zero-order valence-corrected chi connectivity index (χ0v) is 20.1. The van der Waals surface area contributed by atoms with Gasteiger partial charge in [0.25, 0.3) is 5.91 Å². The Morgan fingerprint density at radius 2 is 2.03 bits per heavy atom. The van der Waals surface area contributed by atoms with E-state index in [1.54, 1.807) is 30.6 Å². The van der Waals surface area contributed by atoms with Crippen molar-refractivity contribution in [2.24, 2.45) is 0 Å². The number of amides is 2. The third kappa shape index (κ3) is 5.89. The first kappa shape index (κ1) is 24.5. The number of carboxylic acids is 1. The second kappa shape index (κ2) is 10.7. The Morgan fingerprint density at radius 3 is 2.77 bits per heavy atom. The summed E-state index contributed by atoms with van der Waals surface area (Å²) in [5.74, 6) is -2.20. The van der Waals surface area contributed by atoms with Crippen molar-refractivity contribution in [2.45, 2.75) is 25.6 Å². The molecule has 0 aliphatic carbocycles. The van der Waals surface area contributed by atoms with Crippen LogP contribution in [0.1, 0.15) is 32.0 Å². The number of thiazole rings is 1. The number of nitrogens with one attached hydrogen (secondary N) is 4. The highest BCUT2D eigenvalue weighted by atomic mass is 32.1. The highest BCUT2D eigenvalue weighted by Crippen LogP contribution is 2.24. The van der Waals surface area contributed by atoms with Gasteiger partial charge in [0, 0.05) is 16.8 Å². The van der Waals surface area contributed by atoms with E-state index in [-0.39, 0.29) is 28.9 Å². The molecule has 2 atom stereocenters. The summed E-state index contributed by atoms with van der Waals surface area (Å²) >= 11 is 2.27. The fourth-order valence-electron chi connectivity index (χ4n) is 3.38. The molecule has 3 aromatic heterocycles. The van der Waals surface area contributed by atoms with Gasteiger partial charge in [0.05, 0.1) is 23.8 Å². The van der Waals surface area contributed by atoms with E-state index >= 15 is 0 Å². The van der Waals surface area contributed by atoms with Crippen molar-refractivity contribution in [3.8, 4) is 0 Å². The lowest BCUT2D eigenvalue weighted by molar-refractivity contribution is -0.139. The quantitative estimate of drug-likeness (QED) is 0.175. The van der Waals surface area contributed by atoms with Crippen LogP contribution in [0.5, 0.6) is 0 Å². The Labute approximate surface area is 207 Å². The number of aliphatic carboxylic acids is 1. The van der Waals surface area contributed by atoms with Crippen LogP contribution in [0, 0.1) is 6.92 Å². The first-order chi connectivity index (χ1) is 16.8. The summed E-state index contributed by atoms with van der Waals surface area (Å²) in [4.78, 5) is 42.0. The number of carbonyl (C=O) groups excluding carboxylic acids is 2. The van der Waals surface area contributed by atoms with Crippen LogP contribution in [-0.4, -0.2) is 55.8 Å². The molecule has 3 heterocycles. The van der Waals surface area contributed by atoms with Crippen molar-refractivity contribution in [2.75, 3.05) is 11.9 Å². The third-order valence-electron chi connectivity index (χ3n) is 5.11. The molecule has 11 nitrogen and oxygen atoms in total. The summed E-state index contributed by atoms with van der Waals surface area (Å²) in [5, 5.41) is 37.1. The first-order valence-corrected chi connectivity index (χ1v) is 12.2. The van der Waals surface area contributed by atoms with Crippen LogP contribution in [0.2, 0.25) is 0 Å². The van der Waals surface area contributed by atoms with Gasteiger partial charge in [-0.25, -0.2) is 9.78 Å². The van der Waals surface area contributed by atoms with E-state index in [9.17, 15) is 24.6 Å². The van der Waals surface area contributed by atoms with E-state index in [0.29, 0.717) is 10.6 Å². The minimum Gasteiger partial charge on any atom is -0.480 e. The molecule has 1 aromatic carbocycles. The number of hydrogen-bond donors (Lipinski definition) is 6. The number of thiophene rings is 1. The van der Waals surface area contributed by atoms with Crippen molar-refractivity contribution in [1.29, 1.82) is 0 Å². The van der Waals surface area contributed by atoms with Gasteiger partial charge in [0.1, 0.15) is 17.1 Å². The Morgan fingerprint density at radius 1 is 1.20 bits per heavy atom. The molecule has 0 spiro atoms. The Balaban J connectivity index is 1.37. The first-order valence-electron chi connectivity index (χ1n) is 10.5. The molecule has 0 radical (unpaired) electrons. The maximum absolute atomic E-state index is 12.7. The monoisotopic (exact) mass is 514 g/mol. The predicted octanol–water partition coefficient (Wildman–Crippen LogP) is 2.03. The molecule has 4 aromatic rings. The molecule has 0 saturated heterocycles. The van der Waals surface area contributed by atoms with Crippen LogP contribution in [0.25, 0.3) is 10.9 Å². The van der Waals surface area contributed by atoms with Crippen molar-refractivity contribution >= 4 is 56.5 Å². The lowest BCUT2D eigenvalue weighted by atomic mass is 10.1. The summed E-state index contributed by atoms with van der Waals surface area (Å²) in [5.41, 5.74) is 1.97. The number of aliphatic hydroxyl groups is 1. The van der Waals surface area contributed by atoms with E-state index in [2.05, 4.69) is 31.1 Å². The van der Waals surface area contributed by atoms with E-state index in [1.165, 1.54) is 11.3 Å². The van der Waals surface area contributed by atoms with Crippen molar-refractivity contribution in [1.82, 2.24) is 25.8 Å². The number of carboxylic acid groups (broad SMARTS) is 1. The number of anilines is 1. The molecule has 2 unspecified atom stereocenters. The van der Waals surface area contributed by atoms with E-state index in [0.717, 1.165) is 27.8 Å². The molecule has 6 N–H and O–H groups in total. The summed E-state index contributed by atoms with van der Waals surface area (Å²) < 4.78 is 0. The average molecular weight is 515 g/mol. The predicted molar refractivity (Wildman–Crippen MR) is 131 cm³/mol. The summed E-state index contributed by atoms with van der Waals surface area (Å²) in [7, 11) is 0. The SMILES string of the molecule is Cc1nc(NC(=O)Cc2cccc3[nH]ncc23)sc1C(=O)NC(CNC(O)c1cccs1)C(=O)O. The Bertz CT molecular complexity index is 1350. The summed E-state index contributed by atoms with van der Waals surface area (Å²) in [6.45, 7) is 1.41. The smallest absolute Gasteiger partial charge is 0.327 e. The van der Waals surface area contributed by atoms with Crippen molar-refractivity contribution in [3.63, 3.8) is 0 Å². The van der Waals surface area contributed by atoms with Gasteiger partial charge in [-0.15, -0.1) is 11.3 Å². The maximum Gasteiger partial charge on any atom is 0.327 e. The van der Waals surface area contributed by atoms with Gasteiger partial charge in [-0.1, -0.05) is 29.5 Å². The van der Waals surface area contributed by atoms with E-state index in [1.807, 2.05) is 18.2 Å². The number of aliphatic hydroxyl groups excluding tert-OH is 1. The number of rotatable bonds is 10. The molecule has 0 aliphatic heterocycles. The summed E-state index contributed by atoms with van der Waals surface area (Å²) in [6, 6.07) is 7.71. The highest BCUT2D eigenvalue weighted by molar-refractivity contribution is 7.17. The molecule has 2 amide bonds. The number of hydrogen-bond acceptors (Lipinski definition) is 9. The Kier molecular flexibility index (Phi) is 7.51. The van der Waals surface area contributed by atoms with Gasteiger partial charge in [-0.05, 0) is 30.0 Å². The number of aromatic amines is 1. The lowest BCUT2D eigenvalue weighted by Crippen LogP contribution is -2.47. The van der Waals surface area contributed by atoms with Gasteiger partial charge in [0.2, 0.25) is 5.91 Å². The van der Waals surface area contributed by atoms with Crippen molar-refractivity contribution < 1.29 is 24.6 Å². The van der Waals surface area contributed by atoms with Gasteiger partial charge in [-0.2, -0.15) is 5.10 Å². The second-order valence-electron chi connectivity index (χ2n) is 7.60. The van der Waals surface area contributed by atoms with Crippen LogP contribution in [0.15, 0.2) is 41.9 Å². The van der Waals surface area contributed by atoms with E-state index < -0.39 is 24.1 Å². The second-order valence-corrected chi connectivity index (χ2v) is 9.58. The topological polar surface area (TPSA) is 169 Å². The number of carbonyl (C=O) groups is 3. The van der Waals surface area contributed by atoms with Gasteiger partial charge < -0.3 is 20.8 Å². The number of aryl methyl sites for hydroxylation is 1. The maximum atomic E-state index is 12.7. The lowest BCUT2D eigenvalue weighted by Gasteiger charge is -2.17. The van der Waals surface area contributed by atoms with Crippen LogP contribution >= 0.6 is 22.7 Å². The standard InChI is InChI=1S/C22H22N6O5S2/c1-11-18(20(31)26-15(21(32)33)10-23-19(30)16-6-3-7-34-16)35-22(25-11)27-17(29)8-12-4-2-5-14-13(12)9-24-28-14/h2-7,9,15,19,23,30H,8,10H2,1H3,(H,24,28)(H,26,31)(H,32,33)(H,25,27,29). The van der Waals surface area contributed by atoms with E-state index in [4.69, 9.17) is 0 Å². The minimum absolute atomic E-state index is 0.0936. The number of fused-ring (bicyclic) bond motifs is 1. The molecule has 182 valence electrons. The fourth-order valence-corrected chi connectivity index (χ4v) is 4.95. The fraction of sp³-hybridized carbons (Fsp3) is 0.227. The average Bonchev–Trinajstić information content (AvgIpc) is 3.57. The minimum atomic E-state index is -1.29. The Hall–Kier alpha value is -3.65. The molecule has 0 saturated carbocycles. The highest BCUT2D eigenvalue weighted by Gasteiger charge is 2.25. The normalized spacial score (nSPS) is 12.9. The third-order valence-corrected chi connectivity index (χ3v) is 7.10. The number of benzene rings is 1. The van der Waals surface area contributed by atoms with Gasteiger partial charge >= 0.3 is 5.97 Å². The van der Waals surface area contributed by atoms with Gasteiger partial charge in [0.15, 0.2) is 5.13 Å². The van der Waals surface area contributed by atoms with Crippen LogP contribution < -0.4 is 16.0 Å². The summed E-state index contributed by atoms with van der Waals surface area (Å²) in [6.07, 6.45) is 0.700. The molecule has 0 fully saturated rings. The van der Waals surface area contributed by atoms with Crippen LogP contribution in [-0.2, 0) is 16.0 Å². The number of nitrogens with zero attached hydrogens (tertiary/aromatic N) is 2. The van der Waals surface area contributed by atoms with Crippen molar-refractivity contribution in [3.05, 3.63) is 62.9 Å². The number of aromatic nitrogens is 3. The molecule has 0 aliphatic rings. The molecular weight excluding hydrogens is 492 g/mol. The molecular formula is C22H22N6O5S2. The largest absolute Gasteiger partial charge is 0.480 e.